The molecule has 0 radical (unpaired) electrons. The molecule has 0 saturated carbocycles. The molecule has 6 heteroatoms. The van der Waals surface area contributed by atoms with Crippen LogP contribution in [0.2, 0.25) is 5.02 Å². The van der Waals surface area contributed by atoms with Gasteiger partial charge < -0.3 is 19.3 Å². The van der Waals surface area contributed by atoms with Gasteiger partial charge in [-0.2, -0.15) is 0 Å². The normalized spacial score (nSPS) is 14.5. The molecule has 1 amide bonds. The summed E-state index contributed by atoms with van der Waals surface area (Å²) in [7, 11) is 1.57. The molecule has 0 N–H and O–H groups in total. The van der Waals surface area contributed by atoms with Crippen LogP contribution in [-0.2, 0) is 4.79 Å². The van der Waals surface area contributed by atoms with E-state index in [0.717, 1.165) is 18.7 Å². The van der Waals surface area contributed by atoms with E-state index in [2.05, 4.69) is 17.0 Å². The quantitative estimate of drug-likeness (QED) is 0.653. The summed E-state index contributed by atoms with van der Waals surface area (Å²) >= 11 is 6.36. The minimum Gasteiger partial charge on any atom is -0.493 e. The zero-order valence-electron chi connectivity index (χ0n) is 17.1. The largest absolute Gasteiger partial charge is 0.493 e. The first-order valence-corrected chi connectivity index (χ1v) is 10.2. The molecule has 3 rings (SSSR count). The van der Waals surface area contributed by atoms with Gasteiger partial charge in [0.05, 0.1) is 18.2 Å². The smallest absolute Gasteiger partial charge is 0.246 e. The van der Waals surface area contributed by atoms with E-state index in [1.165, 1.54) is 5.69 Å². The number of benzene rings is 2. The number of anilines is 1. The SMILES string of the molecule is COc1cc(/C=C/C(=O)N2CCN(c3ccccc3)CC2)cc(Cl)c1OC(C)C. The minimum absolute atomic E-state index is 0.00434. The molecular weight excluding hydrogens is 388 g/mol. The van der Waals surface area contributed by atoms with E-state index in [4.69, 9.17) is 21.1 Å². The van der Waals surface area contributed by atoms with Crippen LogP contribution in [0.4, 0.5) is 5.69 Å². The second-order valence-corrected chi connectivity index (χ2v) is 7.59. The number of amides is 1. The molecule has 1 saturated heterocycles. The topological polar surface area (TPSA) is 42.0 Å². The highest BCUT2D eigenvalue weighted by Crippen LogP contribution is 2.37. The van der Waals surface area contributed by atoms with Crippen LogP contribution in [0.3, 0.4) is 0 Å². The van der Waals surface area contributed by atoms with Crippen LogP contribution < -0.4 is 14.4 Å². The highest BCUT2D eigenvalue weighted by molar-refractivity contribution is 6.32. The van der Waals surface area contributed by atoms with Gasteiger partial charge in [0.15, 0.2) is 11.5 Å². The lowest BCUT2D eigenvalue weighted by atomic mass is 10.1. The van der Waals surface area contributed by atoms with Crippen LogP contribution in [0, 0.1) is 0 Å². The van der Waals surface area contributed by atoms with Crippen LogP contribution in [0.25, 0.3) is 6.08 Å². The van der Waals surface area contributed by atoms with Crippen molar-refractivity contribution in [1.29, 1.82) is 0 Å². The average molecular weight is 415 g/mol. The molecule has 154 valence electrons. The van der Waals surface area contributed by atoms with E-state index in [1.807, 2.05) is 43.0 Å². The summed E-state index contributed by atoms with van der Waals surface area (Å²) in [6, 6.07) is 13.9. The van der Waals surface area contributed by atoms with Gasteiger partial charge >= 0.3 is 0 Å². The Labute approximate surface area is 177 Å². The Morgan fingerprint density at radius 2 is 1.79 bits per heavy atom. The molecule has 29 heavy (non-hydrogen) atoms. The molecule has 1 aliphatic rings. The second-order valence-electron chi connectivity index (χ2n) is 7.18. The Kier molecular flexibility index (Phi) is 7.04. The average Bonchev–Trinajstić information content (AvgIpc) is 2.74. The first-order chi connectivity index (χ1) is 14.0. The third-order valence-corrected chi connectivity index (χ3v) is 5.02. The number of carbonyl (C=O) groups excluding carboxylic acids is 1. The van der Waals surface area contributed by atoms with Gasteiger partial charge in [-0.3, -0.25) is 4.79 Å². The van der Waals surface area contributed by atoms with Crippen molar-refractivity contribution >= 4 is 29.3 Å². The van der Waals surface area contributed by atoms with Gasteiger partial charge in [0.25, 0.3) is 0 Å². The molecule has 1 aliphatic heterocycles. The Morgan fingerprint density at radius 3 is 2.41 bits per heavy atom. The van der Waals surface area contributed by atoms with Gasteiger partial charge in [-0.25, -0.2) is 0 Å². The Morgan fingerprint density at radius 1 is 1.10 bits per heavy atom. The molecular formula is C23H27ClN2O3. The van der Waals surface area contributed by atoms with Gasteiger partial charge in [0.2, 0.25) is 5.91 Å². The third kappa shape index (κ3) is 5.45. The number of rotatable bonds is 6. The number of ether oxygens (including phenoxy) is 2. The number of hydrogen-bond acceptors (Lipinski definition) is 4. The zero-order chi connectivity index (χ0) is 20.8. The van der Waals surface area contributed by atoms with Gasteiger partial charge in [0.1, 0.15) is 0 Å². The fraction of sp³-hybridized carbons (Fsp3) is 0.348. The van der Waals surface area contributed by atoms with Crippen molar-refractivity contribution < 1.29 is 14.3 Å². The fourth-order valence-electron chi connectivity index (χ4n) is 3.28. The van der Waals surface area contributed by atoms with Crippen molar-refractivity contribution in [1.82, 2.24) is 4.90 Å². The summed E-state index contributed by atoms with van der Waals surface area (Å²) in [5, 5.41) is 0.460. The molecule has 0 spiro atoms. The number of carbonyl (C=O) groups is 1. The number of halogens is 1. The van der Waals surface area contributed by atoms with Crippen molar-refractivity contribution in [2.24, 2.45) is 0 Å². The highest BCUT2D eigenvalue weighted by Gasteiger charge is 2.20. The second kappa shape index (κ2) is 9.70. The molecule has 2 aromatic rings. The van der Waals surface area contributed by atoms with Crippen LogP contribution in [0.5, 0.6) is 11.5 Å². The van der Waals surface area contributed by atoms with Gasteiger partial charge in [-0.15, -0.1) is 0 Å². The predicted molar refractivity (Wildman–Crippen MR) is 118 cm³/mol. The molecule has 2 aromatic carbocycles. The zero-order valence-corrected chi connectivity index (χ0v) is 17.9. The predicted octanol–water partition coefficient (Wildman–Crippen LogP) is 4.50. The number of piperazine rings is 1. The van der Waals surface area contributed by atoms with E-state index in [0.29, 0.717) is 29.6 Å². The number of methoxy groups -OCH3 is 1. The maximum Gasteiger partial charge on any atom is 0.246 e. The first kappa shape index (κ1) is 21.1. The molecule has 1 heterocycles. The summed E-state index contributed by atoms with van der Waals surface area (Å²) in [6.07, 6.45) is 3.34. The lowest BCUT2D eigenvalue weighted by molar-refractivity contribution is -0.126. The summed E-state index contributed by atoms with van der Waals surface area (Å²) in [4.78, 5) is 16.8. The Hall–Kier alpha value is -2.66. The molecule has 0 atom stereocenters. The fourth-order valence-corrected chi connectivity index (χ4v) is 3.55. The van der Waals surface area contributed by atoms with E-state index in [9.17, 15) is 4.79 Å². The van der Waals surface area contributed by atoms with Crippen LogP contribution in [0.15, 0.2) is 48.5 Å². The first-order valence-electron chi connectivity index (χ1n) is 9.79. The molecule has 0 bridgehead atoms. The van der Waals surface area contributed by atoms with Crippen molar-refractivity contribution in [2.45, 2.75) is 20.0 Å². The van der Waals surface area contributed by atoms with Gasteiger partial charge in [-0.05, 0) is 49.8 Å². The van der Waals surface area contributed by atoms with Crippen molar-refractivity contribution in [3.05, 3.63) is 59.1 Å². The van der Waals surface area contributed by atoms with E-state index in [-0.39, 0.29) is 12.0 Å². The summed E-state index contributed by atoms with van der Waals surface area (Å²) in [6.45, 7) is 6.90. The highest BCUT2D eigenvalue weighted by atomic mass is 35.5. The maximum absolute atomic E-state index is 12.6. The van der Waals surface area contributed by atoms with Crippen molar-refractivity contribution in [3.8, 4) is 11.5 Å². The van der Waals surface area contributed by atoms with Crippen LogP contribution in [0.1, 0.15) is 19.4 Å². The summed E-state index contributed by atoms with van der Waals surface area (Å²) < 4.78 is 11.1. The van der Waals surface area contributed by atoms with E-state index < -0.39 is 0 Å². The van der Waals surface area contributed by atoms with Crippen molar-refractivity contribution in [3.63, 3.8) is 0 Å². The summed E-state index contributed by atoms with van der Waals surface area (Å²) in [5.74, 6) is 1.06. The maximum atomic E-state index is 12.6. The Balaban J connectivity index is 1.63. The van der Waals surface area contributed by atoms with E-state index >= 15 is 0 Å². The number of hydrogen-bond donors (Lipinski definition) is 0. The number of para-hydroxylation sites is 1. The molecule has 5 nitrogen and oxygen atoms in total. The van der Waals surface area contributed by atoms with Crippen LogP contribution in [-0.4, -0.2) is 50.2 Å². The lowest BCUT2D eigenvalue weighted by Gasteiger charge is -2.35. The van der Waals surface area contributed by atoms with Gasteiger partial charge in [-0.1, -0.05) is 29.8 Å². The number of nitrogens with zero attached hydrogens (tertiary/aromatic N) is 2. The minimum atomic E-state index is -0.0149. The molecule has 0 unspecified atom stereocenters. The standard InChI is InChI=1S/C23H27ClN2O3/c1-17(2)29-23-20(24)15-18(16-21(23)28-3)9-10-22(27)26-13-11-25(12-14-26)19-7-5-4-6-8-19/h4-10,15-17H,11-14H2,1-3H3/b10-9+. The van der Waals surface area contributed by atoms with Crippen LogP contribution >= 0.6 is 11.6 Å². The third-order valence-electron chi connectivity index (χ3n) is 4.74. The lowest BCUT2D eigenvalue weighted by Crippen LogP contribution is -2.48. The molecule has 0 aromatic heterocycles. The van der Waals surface area contributed by atoms with Gasteiger partial charge in [0, 0.05) is 37.9 Å². The monoisotopic (exact) mass is 414 g/mol. The van der Waals surface area contributed by atoms with Crippen molar-refractivity contribution in [2.75, 3.05) is 38.2 Å². The van der Waals surface area contributed by atoms with E-state index in [1.54, 1.807) is 25.3 Å². The molecule has 0 aliphatic carbocycles. The Bertz CT molecular complexity index is 860. The molecule has 1 fully saturated rings. The summed E-state index contributed by atoms with van der Waals surface area (Å²) in [5.41, 5.74) is 1.99.